The summed E-state index contributed by atoms with van der Waals surface area (Å²) in [6.45, 7) is 0. The minimum absolute atomic E-state index is 0.662. The predicted octanol–water partition coefficient (Wildman–Crippen LogP) is 21.8. The Kier molecular flexibility index (Phi) is 11.9. The zero-order valence-electron chi connectivity index (χ0n) is 47.9. The van der Waals surface area contributed by atoms with Gasteiger partial charge in [-0.2, -0.15) is 0 Å². The van der Waals surface area contributed by atoms with Crippen molar-refractivity contribution in [2.24, 2.45) is 0 Å². The summed E-state index contributed by atoms with van der Waals surface area (Å²) < 4.78 is 16.7. The molecule has 0 amide bonds. The van der Waals surface area contributed by atoms with Crippen LogP contribution in [-0.4, -0.2) is 0 Å². The van der Waals surface area contributed by atoms with E-state index in [-0.39, 0.29) is 0 Å². The first-order valence-electron chi connectivity index (χ1n) is 30.1. The molecule has 6 heteroatoms. The molecule has 17 rings (SSSR count). The van der Waals surface area contributed by atoms with Gasteiger partial charge < -0.3 is 18.6 Å². The maximum absolute atomic E-state index is 8.34. The van der Waals surface area contributed by atoms with E-state index in [4.69, 9.17) is 8.83 Å². The van der Waals surface area contributed by atoms with Gasteiger partial charge in [0.2, 0.25) is 11.8 Å². The summed E-state index contributed by atoms with van der Waals surface area (Å²) in [7, 11) is 0. The van der Waals surface area contributed by atoms with E-state index >= 15 is 0 Å². The standard InChI is InChI=1S/C82H56N4O2/c1-7-29-57(30-8-1)59-33-27-43-65(53-59)83(61-35-11-3-12-36-61)77-55-71-79(87-77)82(69-47-21-25-51-75(69)86(64-41-17-6-18-42-64)76-52-26-22-48-70(76)82)72-56-78(84(62-37-13-4-14-38-62)66-44-28-34-60(54-66)58-31-9-2-10-32-58)88-80(72)81(71)67-45-19-23-49-73(67)85(63-39-15-5-16-40-63)74-50-24-20-46-68(74)81/h1-56H. The topological polar surface area (TPSA) is 39.2 Å². The summed E-state index contributed by atoms with van der Waals surface area (Å²) in [4.78, 5) is 9.43. The Hall–Kier alpha value is -11.6. The molecule has 0 N–H and O–H groups in total. The second-order valence-electron chi connectivity index (χ2n) is 22.7. The van der Waals surface area contributed by atoms with Gasteiger partial charge in [-0.05, 0) is 142 Å². The minimum Gasteiger partial charge on any atom is -0.443 e. The normalized spacial score (nSPS) is 13.6. The Bertz CT molecular complexity index is 4440. The Balaban J connectivity index is 1.04. The lowest BCUT2D eigenvalue weighted by Gasteiger charge is -2.51. The van der Waals surface area contributed by atoms with E-state index in [2.05, 4.69) is 359 Å². The maximum Gasteiger partial charge on any atom is 0.205 e. The summed E-state index contributed by atoms with van der Waals surface area (Å²) in [6, 6.07) is 122. The van der Waals surface area contributed by atoms with Crippen LogP contribution in [0, 0.1) is 0 Å². The van der Waals surface area contributed by atoms with E-state index in [0.717, 1.165) is 124 Å². The highest BCUT2D eigenvalue weighted by Crippen LogP contribution is 2.70. The summed E-state index contributed by atoms with van der Waals surface area (Å²) in [5.74, 6) is 2.92. The number of anilines is 12. The van der Waals surface area contributed by atoms with Crippen molar-refractivity contribution in [2.75, 3.05) is 19.6 Å². The number of benzene rings is 12. The van der Waals surface area contributed by atoms with E-state index in [1.165, 1.54) is 0 Å². The molecule has 2 aromatic heterocycles. The zero-order valence-corrected chi connectivity index (χ0v) is 47.9. The van der Waals surface area contributed by atoms with E-state index in [1.54, 1.807) is 0 Å². The Morgan fingerprint density at radius 1 is 0.227 bits per heavy atom. The highest BCUT2D eigenvalue weighted by atomic mass is 16.4. The molecule has 2 spiro atoms. The molecular weight excluding hydrogens is 1070 g/mol. The number of fused-ring (bicyclic) bond motifs is 14. The van der Waals surface area contributed by atoms with Gasteiger partial charge in [0.15, 0.2) is 0 Å². The molecule has 0 saturated carbocycles. The van der Waals surface area contributed by atoms with Crippen molar-refractivity contribution in [3.05, 3.63) is 385 Å². The molecule has 88 heavy (non-hydrogen) atoms. The van der Waals surface area contributed by atoms with Gasteiger partial charge in [0, 0.05) is 57.4 Å². The molecule has 0 radical (unpaired) electrons. The number of hydrogen-bond donors (Lipinski definition) is 0. The van der Waals surface area contributed by atoms with Crippen molar-refractivity contribution in [3.63, 3.8) is 0 Å². The highest BCUT2D eigenvalue weighted by molar-refractivity contribution is 5.96. The predicted molar refractivity (Wildman–Crippen MR) is 358 cm³/mol. The first kappa shape index (κ1) is 50.9. The van der Waals surface area contributed by atoms with E-state index in [9.17, 15) is 0 Å². The molecule has 416 valence electrons. The van der Waals surface area contributed by atoms with Gasteiger partial charge in [0.25, 0.3) is 0 Å². The van der Waals surface area contributed by atoms with Gasteiger partial charge in [0.05, 0.1) is 22.7 Å². The lowest BCUT2D eigenvalue weighted by atomic mass is 9.53. The highest BCUT2D eigenvalue weighted by Gasteiger charge is 2.64. The fourth-order valence-corrected chi connectivity index (χ4v) is 14.5. The van der Waals surface area contributed by atoms with E-state index in [0.29, 0.717) is 11.8 Å². The summed E-state index contributed by atoms with van der Waals surface area (Å²) in [5, 5.41) is 0. The van der Waals surface area contributed by atoms with E-state index < -0.39 is 10.8 Å². The van der Waals surface area contributed by atoms with Crippen LogP contribution in [0.15, 0.2) is 349 Å². The molecule has 14 aromatic rings. The van der Waals surface area contributed by atoms with Gasteiger partial charge in [-0.25, -0.2) is 0 Å². The second kappa shape index (κ2) is 20.6. The molecule has 0 saturated heterocycles. The molecule has 1 aliphatic carbocycles. The smallest absolute Gasteiger partial charge is 0.205 e. The maximum atomic E-state index is 8.34. The van der Waals surface area contributed by atoms with Crippen LogP contribution in [0.5, 0.6) is 0 Å². The van der Waals surface area contributed by atoms with Crippen LogP contribution in [0.2, 0.25) is 0 Å². The van der Waals surface area contributed by atoms with Crippen LogP contribution in [0.3, 0.4) is 0 Å². The Morgan fingerprint density at radius 3 is 0.841 bits per heavy atom. The third-order valence-corrected chi connectivity index (χ3v) is 18.0. The van der Waals surface area contributed by atoms with Crippen LogP contribution in [0.4, 0.5) is 68.6 Å². The molecule has 3 aliphatic rings. The van der Waals surface area contributed by atoms with E-state index in [1.807, 2.05) is 0 Å². The fourth-order valence-electron chi connectivity index (χ4n) is 14.5. The molecule has 0 fully saturated rings. The molecule has 6 nitrogen and oxygen atoms in total. The van der Waals surface area contributed by atoms with Crippen molar-refractivity contribution in [3.8, 4) is 22.3 Å². The number of nitrogens with zero attached hydrogens (tertiary/aromatic N) is 4. The summed E-state index contributed by atoms with van der Waals surface area (Å²) in [6.07, 6.45) is 0. The van der Waals surface area contributed by atoms with Crippen molar-refractivity contribution in [1.29, 1.82) is 0 Å². The van der Waals surface area contributed by atoms with Gasteiger partial charge in [-0.15, -0.1) is 0 Å². The first-order chi connectivity index (χ1) is 43.7. The number of hydrogen-bond acceptors (Lipinski definition) is 6. The number of furan rings is 2. The SMILES string of the molecule is c1ccc(-c2cccc(N(c3ccccc3)c3cc4c(o3)C3(c5ccccc5N(c5ccccc5)c5ccccc53)c3cc(N(c5ccccc5)c5cccc(-c6ccccc6)c5)oc3C43c4ccccc4N(c4ccccc4)c4ccccc43)c2)cc1. The third kappa shape index (κ3) is 7.68. The van der Waals surface area contributed by atoms with Crippen LogP contribution in [0.1, 0.15) is 44.9 Å². The fraction of sp³-hybridized carbons (Fsp3) is 0.0244. The lowest BCUT2D eigenvalue weighted by Crippen LogP contribution is -2.48. The van der Waals surface area contributed by atoms with Gasteiger partial charge in [-0.1, -0.05) is 231 Å². The monoisotopic (exact) mass is 1130 g/mol. The quantitative estimate of drug-likeness (QED) is 0.136. The largest absolute Gasteiger partial charge is 0.443 e. The summed E-state index contributed by atoms with van der Waals surface area (Å²) >= 11 is 0. The molecule has 0 bridgehead atoms. The minimum atomic E-state index is -1.16. The molecule has 4 heterocycles. The lowest BCUT2D eigenvalue weighted by molar-refractivity contribution is 0.398. The van der Waals surface area contributed by atoms with Gasteiger partial charge in [-0.3, -0.25) is 9.80 Å². The second-order valence-corrected chi connectivity index (χ2v) is 22.7. The van der Waals surface area contributed by atoms with Crippen molar-refractivity contribution in [1.82, 2.24) is 0 Å². The Labute approximate surface area is 512 Å². The van der Waals surface area contributed by atoms with Crippen molar-refractivity contribution >= 4 is 68.6 Å². The average molecular weight is 1130 g/mol. The van der Waals surface area contributed by atoms with Gasteiger partial charge >= 0.3 is 0 Å². The average Bonchev–Trinajstić information content (AvgIpc) is 1.26. The molecule has 0 unspecified atom stereocenters. The Morgan fingerprint density at radius 2 is 0.500 bits per heavy atom. The van der Waals surface area contributed by atoms with Crippen LogP contribution < -0.4 is 19.6 Å². The van der Waals surface area contributed by atoms with Crippen LogP contribution in [0.25, 0.3) is 22.3 Å². The first-order valence-corrected chi connectivity index (χ1v) is 30.1. The van der Waals surface area contributed by atoms with Gasteiger partial charge in [0.1, 0.15) is 22.4 Å². The number of rotatable bonds is 10. The molecule has 2 aliphatic heterocycles. The molecule has 0 atom stereocenters. The van der Waals surface area contributed by atoms with Crippen molar-refractivity contribution < 1.29 is 8.83 Å². The zero-order chi connectivity index (χ0) is 58.2. The molecule has 12 aromatic carbocycles. The summed E-state index contributed by atoms with van der Waals surface area (Å²) in [5.41, 5.74) is 18.4. The third-order valence-electron chi connectivity index (χ3n) is 18.0. The number of para-hydroxylation sites is 8. The molecular formula is C82H56N4O2. The van der Waals surface area contributed by atoms with Crippen LogP contribution >= 0.6 is 0 Å². The van der Waals surface area contributed by atoms with Crippen LogP contribution in [-0.2, 0) is 10.8 Å². The van der Waals surface area contributed by atoms with Crippen molar-refractivity contribution in [2.45, 2.75) is 10.8 Å².